The molecule has 56 heavy (non-hydrogen) atoms. The predicted octanol–water partition coefficient (Wildman–Crippen LogP) is 13.3. The van der Waals surface area contributed by atoms with Crippen LogP contribution in [0, 0.1) is 0 Å². The highest BCUT2D eigenvalue weighted by Gasteiger charge is 2.40. The molecule has 0 spiro atoms. The number of allylic oxidation sites excluding steroid dienone is 2. The molecule has 2 atom stereocenters. The molecular formula is C52H35N3O. The van der Waals surface area contributed by atoms with Gasteiger partial charge in [0.15, 0.2) is 0 Å². The van der Waals surface area contributed by atoms with Crippen LogP contribution in [0.2, 0.25) is 0 Å². The minimum Gasteiger partial charge on any atom is -0.456 e. The summed E-state index contributed by atoms with van der Waals surface area (Å²) in [4.78, 5) is 12.8. The van der Waals surface area contributed by atoms with E-state index >= 15 is 0 Å². The number of benzene rings is 6. The SMILES string of the molecule is C1=CC2C(C=C1c1ccc3oc4ccccc4c3c1)c1ncccc1N2c1cc(-c2ccc(-c3ccccc3)cc2)cc(-c2ccc(-c3ccccc3)cc2)n1. The van der Waals surface area contributed by atoms with Crippen molar-refractivity contribution >= 4 is 39.0 Å². The number of nitrogens with zero attached hydrogens (tertiary/aromatic N) is 3. The largest absolute Gasteiger partial charge is 0.456 e. The first-order valence-electron chi connectivity index (χ1n) is 19.1. The van der Waals surface area contributed by atoms with E-state index in [-0.39, 0.29) is 12.0 Å². The van der Waals surface area contributed by atoms with E-state index in [9.17, 15) is 0 Å². The molecule has 4 heterocycles. The van der Waals surface area contributed by atoms with Gasteiger partial charge in [-0.1, -0.05) is 152 Å². The zero-order chi connectivity index (χ0) is 37.0. The molecule has 2 aliphatic rings. The molecule has 0 amide bonds. The molecule has 4 nitrogen and oxygen atoms in total. The third-order valence-electron chi connectivity index (χ3n) is 11.3. The normalized spacial score (nSPS) is 15.9. The van der Waals surface area contributed by atoms with Gasteiger partial charge in [-0.15, -0.1) is 0 Å². The molecule has 6 aromatic carbocycles. The summed E-state index contributed by atoms with van der Waals surface area (Å²) in [5, 5.41) is 2.26. The lowest BCUT2D eigenvalue weighted by molar-refractivity contribution is 0.669. The van der Waals surface area contributed by atoms with Crippen LogP contribution in [0.5, 0.6) is 0 Å². The van der Waals surface area contributed by atoms with E-state index in [1.807, 2.05) is 24.4 Å². The van der Waals surface area contributed by atoms with E-state index in [4.69, 9.17) is 14.4 Å². The summed E-state index contributed by atoms with van der Waals surface area (Å²) in [7, 11) is 0. The number of rotatable bonds is 6. The molecule has 0 saturated heterocycles. The number of furan rings is 1. The highest BCUT2D eigenvalue weighted by molar-refractivity contribution is 6.06. The monoisotopic (exact) mass is 717 g/mol. The molecular weight excluding hydrogens is 683 g/mol. The van der Waals surface area contributed by atoms with Crippen LogP contribution in [-0.4, -0.2) is 16.0 Å². The summed E-state index contributed by atoms with van der Waals surface area (Å²) in [5.74, 6) is 0.943. The van der Waals surface area contributed by atoms with Crippen molar-refractivity contribution in [1.29, 1.82) is 0 Å². The van der Waals surface area contributed by atoms with E-state index in [0.717, 1.165) is 67.1 Å². The number of pyridine rings is 2. The van der Waals surface area contributed by atoms with Gasteiger partial charge in [-0.3, -0.25) is 4.98 Å². The molecule has 1 aliphatic carbocycles. The van der Waals surface area contributed by atoms with Gasteiger partial charge in [0.2, 0.25) is 0 Å². The molecule has 3 aromatic heterocycles. The molecule has 264 valence electrons. The first kappa shape index (κ1) is 32.2. The Morgan fingerprint density at radius 2 is 1.09 bits per heavy atom. The highest BCUT2D eigenvalue weighted by atomic mass is 16.3. The Kier molecular flexibility index (Phi) is 7.59. The molecule has 0 radical (unpaired) electrons. The maximum atomic E-state index is 6.15. The second-order valence-corrected chi connectivity index (χ2v) is 14.6. The zero-order valence-corrected chi connectivity index (χ0v) is 30.5. The van der Waals surface area contributed by atoms with E-state index in [0.29, 0.717) is 0 Å². The van der Waals surface area contributed by atoms with Crippen molar-refractivity contribution in [2.75, 3.05) is 4.90 Å². The molecule has 4 heteroatoms. The number of anilines is 2. The van der Waals surface area contributed by atoms with Crippen molar-refractivity contribution in [3.8, 4) is 44.6 Å². The topological polar surface area (TPSA) is 42.2 Å². The standard InChI is InChI=1S/C52H35N3O/c1-3-10-34(11-4-1)36-17-19-38(20-18-36)42-32-46(39-23-21-37(22-24-39)35-12-5-2-6-13-35)54-51(33-42)55-47-27-25-40(31-45(47)52-48(55)15-9-29-53-52)41-26-28-50-44(30-41)43-14-7-8-16-49(43)56-50/h1-33,45,47H. The van der Waals surface area contributed by atoms with Gasteiger partial charge in [-0.05, 0) is 87.0 Å². The van der Waals surface area contributed by atoms with Crippen LogP contribution in [0.15, 0.2) is 205 Å². The minimum absolute atomic E-state index is 0.0126. The Balaban J connectivity index is 1.01. The van der Waals surface area contributed by atoms with Crippen molar-refractivity contribution < 1.29 is 4.42 Å². The van der Waals surface area contributed by atoms with E-state index in [1.54, 1.807) is 0 Å². The molecule has 0 bridgehead atoms. The summed E-state index contributed by atoms with van der Waals surface area (Å²) in [6.45, 7) is 0. The number of fused-ring (bicyclic) bond motifs is 6. The van der Waals surface area contributed by atoms with E-state index in [2.05, 4.69) is 181 Å². The lowest BCUT2D eigenvalue weighted by Gasteiger charge is -2.29. The molecule has 0 fully saturated rings. The van der Waals surface area contributed by atoms with Gasteiger partial charge in [0.25, 0.3) is 0 Å². The van der Waals surface area contributed by atoms with Crippen molar-refractivity contribution in [3.05, 3.63) is 212 Å². The van der Waals surface area contributed by atoms with Gasteiger partial charge in [0.1, 0.15) is 17.0 Å². The van der Waals surface area contributed by atoms with Gasteiger partial charge in [-0.25, -0.2) is 4.98 Å². The van der Waals surface area contributed by atoms with Gasteiger partial charge in [-0.2, -0.15) is 0 Å². The first-order chi connectivity index (χ1) is 27.7. The molecule has 1 aliphatic heterocycles. The molecule has 9 aromatic rings. The Hall–Kier alpha value is -7.30. The second kappa shape index (κ2) is 13.2. The fourth-order valence-corrected chi connectivity index (χ4v) is 8.47. The van der Waals surface area contributed by atoms with Crippen LogP contribution >= 0.6 is 0 Å². The molecule has 0 saturated carbocycles. The summed E-state index contributed by atoms with van der Waals surface area (Å²) in [5.41, 5.74) is 15.3. The lowest BCUT2D eigenvalue weighted by atomic mass is 9.88. The van der Waals surface area contributed by atoms with Crippen LogP contribution in [0.1, 0.15) is 17.2 Å². The van der Waals surface area contributed by atoms with Crippen LogP contribution in [-0.2, 0) is 0 Å². The Morgan fingerprint density at radius 1 is 0.482 bits per heavy atom. The average molecular weight is 718 g/mol. The average Bonchev–Trinajstić information content (AvgIpc) is 3.82. The van der Waals surface area contributed by atoms with Crippen molar-refractivity contribution in [2.45, 2.75) is 12.0 Å². The minimum atomic E-state index is 0.0126. The van der Waals surface area contributed by atoms with Crippen LogP contribution in [0.4, 0.5) is 11.5 Å². The lowest BCUT2D eigenvalue weighted by Crippen LogP contribution is -2.29. The van der Waals surface area contributed by atoms with Crippen LogP contribution in [0.3, 0.4) is 0 Å². The van der Waals surface area contributed by atoms with E-state index in [1.165, 1.54) is 27.8 Å². The molecule has 11 rings (SSSR count). The van der Waals surface area contributed by atoms with Gasteiger partial charge in [0.05, 0.1) is 23.1 Å². The maximum absolute atomic E-state index is 6.15. The Labute approximate surface area is 325 Å². The van der Waals surface area contributed by atoms with Crippen molar-refractivity contribution in [3.63, 3.8) is 0 Å². The van der Waals surface area contributed by atoms with Crippen LogP contribution in [0.25, 0.3) is 72.1 Å². The Bertz CT molecular complexity index is 2860. The number of para-hydroxylation sites is 1. The predicted molar refractivity (Wildman–Crippen MR) is 230 cm³/mol. The third kappa shape index (κ3) is 5.54. The fourth-order valence-electron chi connectivity index (χ4n) is 8.47. The fraction of sp³-hybridized carbons (Fsp3) is 0.0385. The zero-order valence-electron chi connectivity index (χ0n) is 30.5. The summed E-state index contributed by atoms with van der Waals surface area (Å²) in [6, 6.07) is 62.1. The maximum Gasteiger partial charge on any atom is 0.135 e. The molecule has 0 N–H and O–H groups in total. The summed E-state index contributed by atoms with van der Waals surface area (Å²) in [6.07, 6.45) is 8.89. The quantitative estimate of drug-likeness (QED) is 0.172. The van der Waals surface area contributed by atoms with Crippen molar-refractivity contribution in [2.24, 2.45) is 0 Å². The number of hydrogen-bond acceptors (Lipinski definition) is 4. The summed E-state index contributed by atoms with van der Waals surface area (Å²) < 4.78 is 6.15. The van der Waals surface area contributed by atoms with Crippen molar-refractivity contribution in [1.82, 2.24) is 9.97 Å². The summed E-state index contributed by atoms with van der Waals surface area (Å²) >= 11 is 0. The second-order valence-electron chi connectivity index (χ2n) is 14.6. The van der Waals surface area contributed by atoms with Gasteiger partial charge < -0.3 is 9.32 Å². The van der Waals surface area contributed by atoms with Gasteiger partial charge >= 0.3 is 0 Å². The smallest absolute Gasteiger partial charge is 0.135 e. The highest BCUT2D eigenvalue weighted by Crippen LogP contribution is 2.49. The first-order valence-corrected chi connectivity index (χ1v) is 19.1. The Morgan fingerprint density at radius 3 is 1.82 bits per heavy atom. The third-order valence-corrected chi connectivity index (χ3v) is 11.3. The number of hydrogen-bond donors (Lipinski definition) is 0. The van der Waals surface area contributed by atoms with Crippen LogP contribution < -0.4 is 4.90 Å². The molecule has 2 unspecified atom stereocenters. The van der Waals surface area contributed by atoms with E-state index < -0.39 is 0 Å². The number of aromatic nitrogens is 2. The van der Waals surface area contributed by atoms with Gasteiger partial charge in [0, 0.05) is 28.5 Å².